The molecule has 0 N–H and O–H groups in total. The number of aromatic nitrogens is 2. The van der Waals surface area contributed by atoms with Gasteiger partial charge in [0.1, 0.15) is 0 Å². The molecule has 127 heavy (non-hydrogen) atoms. The van der Waals surface area contributed by atoms with Crippen LogP contribution in [0.3, 0.4) is 0 Å². The molecule has 0 radical (unpaired) electrons. The fourth-order valence-electron chi connectivity index (χ4n) is 21.7. The Morgan fingerprint density at radius 2 is 0.488 bits per heavy atom. The fourth-order valence-corrected chi connectivity index (χ4v) is 21.7. The fraction of sp³-hybridized carbons (Fsp3) is 0.0569. The molecule has 0 fully saturated rings. The molecule has 4 heteroatoms. The van der Waals surface area contributed by atoms with Gasteiger partial charge in [-0.3, -0.25) is 0 Å². The molecule has 600 valence electrons. The second kappa shape index (κ2) is 29.7. The summed E-state index contributed by atoms with van der Waals surface area (Å²) in [5.74, 6) is 0. The summed E-state index contributed by atoms with van der Waals surface area (Å²) in [4.78, 5) is 4.80. The van der Waals surface area contributed by atoms with E-state index >= 15 is 0 Å². The molecule has 2 heterocycles. The number of para-hydroxylation sites is 6. The summed E-state index contributed by atoms with van der Waals surface area (Å²) in [5.41, 5.74) is 35.5. The Morgan fingerprint density at radius 3 is 0.906 bits per heavy atom. The smallest absolute Gasteiger partial charge is 0.0541 e. The zero-order valence-corrected chi connectivity index (χ0v) is 71.4. The lowest BCUT2D eigenvalue weighted by Crippen LogP contribution is -2.16. The van der Waals surface area contributed by atoms with Crippen LogP contribution < -0.4 is 9.80 Å². The van der Waals surface area contributed by atoms with Gasteiger partial charge in [0.05, 0.1) is 22.1 Å². The molecule has 0 saturated carbocycles. The lowest BCUT2D eigenvalue weighted by molar-refractivity contribution is 0.660. The minimum atomic E-state index is -0.242. The Bertz CT molecular complexity index is 8210. The van der Waals surface area contributed by atoms with Gasteiger partial charge in [-0.1, -0.05) is 343 Å². The maximum absolute atomic E-state index is 2.49. The average molecular weight is 1620 g/mol. The largest absolute Gasteiger partial charge is 0.310 e. The van der Waals surface area contributed by atoms with Crippen LogP contribution >= 0.6 is 0 Å². The van der Waals surface area contributed by atoms with Crippen LogP contribution in [0.2, 0.25) is 0 Å². The van der Waals surface area contributed by atoms with Gasteiger partial charge in [0, 0.05) is 77.9 Å². The summed E-state index contributed by atoms with van der Waals surface area (Å²) in [6, 6.07) is 163. The van der Waals surface area contributed by atoms with Gasteiger partial charge in [0.2, 0.25) is 0 Å². The Morgan fingerprint density at radius 1 is 0.189 bits per heavy atom. The number of hydrogen-bond acceptors (Lipinski definition) is 2. The van der Waals surface area contributed by atoms with Gasteiger partial charge in [-0.25, -0.2) is 0 Å². The second-order valence-electron chi connectivity index (χ2n) is 35.4. The molecule has 23 aromatic rings. The Balaban J connectivity index is 0.000000142. The van der Waals surface area contributed by atoms with Gasteiger partial charge < -0.3 is 18.9 Å². The second-order valence-corrected chi connectivity index (χ2v) is 35.4. The summed E-state index contributed by atoms with van der Waals surface area (Å²) in [6.45, 7) is 11.8. The average Bonchev–Trinajstić information content (AvgIpc) is 1.60. The van der Waals surface area contributed by atoms with Crippen LogP contribution in [0.4, 0.5) is 34.1 Å². The van der Waals surface area contributed by atoms with Crippen LogP contribution in [0, 0.1) is 6.92 Å². The van der Waals surface area contributed by atoms with Gasteiger partial charge in [-0.15, -0.1) is 0 Å². The highest BCUT2D eigenvalue weighted by molar-refractivity contribution is 6.25. The number of hydrogen-bond donors (Lipinski definition) is 0. The SMILES string of the molecule is CC1(C)c2cc(-c3c4ccccc4c(-c4cccc5ccccc45)c4ccccc34)ccc2-c2ccc(N(c3ccccc3)c3ccc(-n4c5ccccc5c5ccccc54)cc3)cc21.Cc1ccc2c(-c3ccccc3)c3ccccc3c(-c3ccc4c(c3)C(C)(C)c3cc(N(c5ccccc5)c5ccc(-n6c7ccccc7c7ccccc76)cc5)ccc3-4)c2c1. The highest BCUT2D eigenvalue weighted by atomic mass is 15.2. The molecule has 0 atom stereocenters. The van der Waals surface area contributed by atoms with Crippen LogP contribution in [-0.2, 0) is 10.8 Å². The van der Waals surface area contributed by atoms with E-state index in [1.165, 1.54) is 192 Å². The molecule has 0 amide bonds. The standard InChI is InChI=1S/C63H44N2.C60H44N2/c1-63(2)57-39-42(61-53-24-8-10-26-55(53)62(56-27-11-9-25-54(56)61)52-28-16-18-41-17-6-7-21-47(41)52)31-37-48(57)49-38-36-46(40-58(49)63)64(43-19-4-3-5-20-43)44-32-34-45(35-33-44)65-59-29-14-12-22-50(59)51-23-13-15-30-60(51)65;1-39-26-33-52-53(36-39)59(51-23-11-10-22-50(51)58(52)40-16-6-4-7-17-40)41-27-34-46-47-35-32-45(38-55(47)60(2,3)54(46)37-41)61(42-18-8-5-9-19-42)43-28-30-44(31-29-43)62-56-24-14-12-20-48(56)49-21-13-15-25-57(49)62/h3-40H,1-2H3;4-38H,1-3H3. The van der Waals surface area contributed by atoms with Crippen LogP contribution in [0.15, 0.2) is 443 Å². The van der Waals surface area contributed by atoms with Gasteiger partial charge in [-0.2, -0.15) is 0 Å². The van der Waals surface area contributed by atoms with Crippen molar-refractivity contribution in [2.45, 2.75) is 45.4 Å². The summed E-state index contributed by atoms with van der Waals surface area (Å²) in [7, 11) is 0. The van der Waals surface area contributed by atoms with Crippen molar-refractivity contribution in [1.82, 2.24) is 9.13 Å². The third-order valence-electron chi connectivity index (χ3n) is 27.6. The molecule has 2 aliphatic rings. The molecule has 0 bridgehead atoms. The molecule has 2 aliphatic carbocycles. The maximum atomic E-state index is 2.49. The zero-order chi connectivity index (χ0) is 84.8. The Hall–Kier alpha value is -15.9. The Kier molecular flexibility index (Phi) is 17.5. The first-order chi connectivity index (χ1) is 62.5. The van der Waals surface area contributed by atoms with Crippen molar-refractivity contribution < 1.29 is 0 Å². The minimum Gasteiger partial charge on any atom is -0.310 e. The van der Waals surface area contributed by atoms with Gasteiger partial charge in [0.25, 0.3) is 0 Å². The maximum Gasteiger partial charge on any atom is 0.0541 e. The van der Waals surface area contributed by atoms with E-state index in [2.05, 4.69) is 496 Å². The molecule has 4 nitrogen and oxygen atoms in total. The monoisotopic (exact) mass is 1620 g/mol. The van der Waals surface area contributed by atoms with Crippen molar-refractivity contribution >= 4 is 132 Å². The molecule has 25 rings (SSSR count). The lowest BCUT2D eigenvalue weighted by atomic mass is 9.80. The number of aryl methyl sites for hydroxylation is 1. The highest BCUT2D eigenvalue weighted by Crippen LogP contribution is 2.57. The number of fused-ring (bicyclic) bond motifs is 17. The Labute approximate surface area is 739 Å². The minimum absolute atomic E-state index is 0.231. The van der Waals surface area contributed by atoms with E-state index in [1.54, 1.807) is 0 Å². The number of nitrogens with zero attached hydrogens (tertiary/aromatic N) is 4. The van der Waals surface area contributed by atoms with Gasteiger partial charge >= 0.3 is 0 Å². The van der Waals surface area contributed by atoms with Crippen molar-refractivity contribution in [3.05, 3.63) is 471 Å². The number of benzene rings is 21. The van der Waals surface area contributed by atoms with Crippen LogP contribution in [-0.4, -0.2) is 9.13 Å². The molecular formula is C123H88N4. The first kappa shape index (κ1) is 74.9. The van der Waals surface area contributed by atoms with Crippen LogP contribution in [0.25, 0.3) is 176 Å². The summed E-state index contributed by atoms with van der Waals surface area (Å²) in [6.07, 6.45) is 0. The first-order valence-corrected chi connectivity index (χ1v) is 44.4. The van der Waals surface area contributed by atoms with E-state index in [-0.39, 0.29) is 10.8 Å². The van der Waals surface area contributed by atoms with E-state index in [0.717, 1.165) is 45.5 Å². The quantitative estimate of drug-likeness (QED) is 0.113. The topological polar surface area (TPSA) is 16.3 Å². The molecule has 2 aromatic heterocycles. The van der Waals surface area contributed by atoms with Crippen molar-refractivity contribution in [2.24, 2.45) is 0 Å². The van der Waals surface area contributed by atoms with Crippen LogP contribution in [0.1, 0.15) is 55.5 Å². The van der Waals surface area contributed by atoms with E-state index in [9.17, 15) is 0 Å². The van der Waals surface area contributed by atoms with Crippen LogP contribution in [0.5, 0.6) is 0 Å². The molecule has 0 saturated heterocycles. The van der Waals surface area contributed by atoms with Crippen molar-refractivity contribution in [2.75, 3.05) is 9.80 Å². The highest BCUT2D eigenvalue weighted by Gasteiger charge is 2.39. The first-order valence-electron chi connectivity index (χ1n) is 44.4. The molecule has 0 aliphatic heterocycles. The summed E-state index contributed by atoms with van der Waals surface area (Å²) >= 11 is 0. The van der Waals surface area contributed by atoms with E-state index < -0.39 is 0 Å². The van der Waals surface area contributed by atoms with E-state index in [1.807, 2.05) is 0 Å². The summed E-state index contributed by atoms with van der Waals surface area (Å²) < 4.78 is 4.77. The number of anilines is 6. The lowest BCUT2D eigenvalue weighted by Gasteiger charge is -2.28. The third-order valence-corrected chi connectivity index (χ3v) is 27.6. The van der Waals surface area contributed by atoms with E-state index in [4.69, 9.17) is 0 Å². The van der Waals surface area contributed by atoms with Crippen molar-refractivity contribution in [1.29, 1.82) is 0 Å². The molecule has 0 unspecified atom stereocenters. The zero-order valence-electron chi connectivity index (χ0n) is 71.4. The predicted molar refractivity (Wildman–Crippen MR) is 540 cm³/mol. The predicted octanol–water partition coefficient (Wildman–Crippen LogP) is 33.9. The molecule has 0 spiro atoms. The van der Waals surface area contributed by atoms with E-state index in [0.29, 0.717) is 0 Å². The number of rotatable bonds is 12. The van der Waals surface area contributed by atoms with Gasteiger partial charge in [0.15, 0.2) is 0 Å². The molecular weight excluding hydrogens is 1530 g/mol. The van der Waals surface area contributed by atoms with Crippen molar-refractivity contribution in [3.8, 4) is 78.1 Å². The molecule has 21 aromatic carbocycles. The third kappa shape index (κ3) is 12.0. The normalized spacial score (nSPS) is 12.9. The van der Waals surface area contributed by atoms with Crippen molar-refractivity contribution in [3.63, 3.8) is 0 Å². The summed E-state index contributed by atoms with van der Waals surface area (Å²) in [5, 5.41) is 17.8. The van der Waals surface area contributed by atoms with Gasteiger partial charge in [-0.05, 0) is 283 Å².